The number of aryl methyl sites for hydroxylation is 2. The maximum atomic E-state index is 6.59. The molecule has 1 aliphatic carbocycles. The lowest BCUT2D eigenvalue weighted by molar-refractivity contribution is 0.362. The third-order valence-electron chi connectivity index (χ3n) is 3.65. The Morgan fingerprint density at radius 1 is 1.39 bits per heavy atom. The monoisotopic (exact) mass is 243 g/mol. The number of nitrogens with zero attached hydrogens (tertiary/aromatic N) is 4. The Kier molecular flexibility index (Phi) is 2.63. The number of tetrazole rings is 1. The summed E-state index contributed by atoms with van der Waals surface area (Å²) >= 11 is 0. The Balaban J connectivity index is 1.95. The van der Waals surface area contributed by atoms with E-state index in [1.807, 2.05) is 0 Å². The summed E-state index contributed by atoms with van der Waals surface area (Å²) in [5.74, 6) is 0.719. The predicted molar refractivity (Wildman–Crippen MR) is 67.7 cm³/mol. The number of fused-ring (bicyclic) bond motifs is 1. The smallest absolute Gasteiger partial charge is 0.176 e. The van der Waals surface area contributed by atoms with Crippen LogP contribution in [0.3, 0.4) is 0 Å². The molecule has 1 aromatic carbocycles. The predicted octanol–water partition coefficient (Wildman–Crippen LogP) is 0.943. The van der Waals surface area contributed by atoms with Crippen molar-refractivity contribution in [3.63, 3.8) is 0 Å². The van der Waals surface area contributed by atoms with E-state index in [0.29, 0.717) is 6.42 Å². The number of hydrogen-bond acceptors (Lipinski definition) is 4. The topological polar surface area (TPSA) is 69.6 Å². The first-order valence-corrected chi connectivity index (χ1v) is 6.27. The minimum absolute atomic E-state index is 0.349. The largest absolute Gasteiger partial charge is 0.321 e. The van der Waals surface area contributed by atoms with Gasteiger partial charge in [-0.05, 0) is 35.6 Å². The van der Waals surface area contributed by atoms with Crippen molar-refractivity contribution in [3.05, 3.63) is 41.2 Å². The Morgan fingerprint density at radius 2 is 2.22 bits per heavy atom. The average molecular weight is 243 g/mol. The van der Waals surface area contributed by atoms with Crippen molar-refractivity contribution in [1.29, 1.82) is 0 Å². The summed E-state index contributed by atoms with van der Waals surface area (Å²) in [5, 5.41) is 12.2. The van der Waals surface area contributed by atoms with Crippen LogP contribution in [0.5, 0.6) is 0 Å². The van der Waals surface area contributed by atoms with Gasteiger partial charge < -0.3 is 5.73 Å². The van der Waals surface area contributed by atoms with Crippen molar-refractivity contribution in [2.45, 2.75) is 31.2 Å². The first-order valence-electron chi connectivity index (χ1n) is 6.27. The van der Waals surface area contributed by atoms with Gasteiger partial charge in [0.15, 0.2) is 5.82 Å². The van der Waals surface area contributed by atoms with Gasteiger partial charge in [-0.3, -0.25) is 0 Å². The zero-order valence-corrected chi connectivity index (χ0v) is 10.5. The Morgan fingerprint density at radius 3 is 3.00 bits per heavy atom. The summed E-state index contributed by atoms with van der Waals surface area (Å²) in [5.41, 5.74) is 8.84. The number of rotatable bonds is 2. The molecule has 1 aliphatic rings. The van der Waals surface area contributed by atoms with Gasteiger partial charge in [0.2, 0.25) is 0 Å². The van der Waals surface area contributed by atoms with E-state index in [1.165, 1.54) is 15.9 Å². The summed E-state index contributed by atoms with van der Waals surface area (Å²) in [4.78, 5) is 1.48. The highest BCUT2D eigenvalue weighted by atomic mass is 15.6. The van der Waals surface area contributed by atoms with Crippen LogP contribution in [-0.4, -0.2) is 20.2 Å². The Hall–Kier alpha value is -1.75. The molecule has 1 atom stereocenters. The van der Waals surface area contributed by atoms with Crippen molar-refractivity contribution in [1.82, 2.24) is 20.2 Å². The molecule has 2 N–H and O–H groups in total. The van der Waals surface area contributed by atoms with E-state index < -0.39 is 0 Å². The van der Waals surface area contributed by atoms with Crippen molar-refractivity contribution < 1.29 is 0 Å². The van der Waals surface area contributed by atoms with E-state index in [0.717, 1.165) is 25.1 Å². The molecule has 0 aliphatic heterocycles. The molecule has 1 heterocycles. The molecule has 0 amide bonds. The molecule has 5 heteroatoms. The Bertz CT molecular complexity index is 562. The second kappa shape index (κ2) is 4.17. The molecule has 1 unspecified atom stereocenters. The molecule has 5 nitrogen and oxygen atoms in total. The highest BCUT2D eigenvalue weighted by Crippen LogP contribution is 2.35. The van der Waals surface area contributed by atoms with Gasteiger partial charge in [0, 0.05) is 12.0 Å². The fourth-order valence-corrected chi connectivity index (χ4v) is 2.81. The van der Waals surface area contributed by atoms with E-state index >= 15 is 0 Å². The molecule has 2 aromatic rings. The number of nitrogens with two attached hydrogens (primary N) is 1. The third kappa shape index (κ3) is 1.90. The number of hydrogen-bond donors (Lipinski definition) is 1. The van der Waals surface area contributed by atoms with Gasteiger partial charge in [0.25, 0.3) is 0 Å². The lowest BCUT2D eigenvalue weighted by Gasteiger charge is -2.35. The minimum atomic E-state index is -0.349. The quantitative estimate of drug-likeness (QED) is 0.852. The molecule has 18 heavy (non-hydrogen) atoms. The highest BCUT2D eigenvalue weighted by molar-refractivity contribution is 5.36. The van der Waals surface area contributed by atoms with Gasteiger partial charge >= 0.3 is 0 Å². The van der Waals surface area contributed by atoms with Crippen molar-refractivity contribution in [2.24, 2.45) is 12.8 Å². The van der Waals surface area contributed by atoms with Gasteiger partial charge in [-0.1, -0.05) is 24.3 Å². The molecule has 0 fully saturated rings. The van der Waals surface area contributed by atoms with E-state index in [1.54, 1.807) is 7.05 Å². The minimum Gasteiger partial charge on any atom is -0.321 e. The van der Waals surface area contributed by atoms with E-state index in [2.05, 4.69) is 39.7 Å². The number of benzene rings is 1. The van der Waals surface area contributed by atoms with E-state index in [-0.39, 0.29) is 5.54 Å². The van der Waals surface area contributed by atoms with Gasteiger partial charge in [0.1, 0.15) is 0 Å². The summed E-state index contributed by atoms with van der Waals surface area (Å²) in [6.07, 6.45) is 3.86. The summed E-state index contributed by atoms with van der Waals surface area (Å²) in [7, 11) is 1.77. The fraction of sp³-hybridized carbons (Fsp3) is 0.462. The highest BCUT2D eigenvalue weighted by Gasteiger charge is 2.33. The van der Waals surface area contributed by atoms with Crippen LogP contribution in [0.15, 0.2) is 24.3 Å². The summed E-state index contributed by atoms with van der Waals surface area (Å²) in [6, 6.07) is 8.42. The second-order valence-electron chi connectivity index (χ2n) is 5.04. The maximum Gasteiger partial charge on any atom is 0.176 e. The van der Waals surface area contributed by atoms with Crippen LogP contribution in [0, 0.1) is 0 Å². The van der Waals surface area contributed by atoms with Crippen molar-refractivity contribution in [3.8, 4) is 0 Å². The molecule has 0 spiro atoms. The second-order valence-corrected chi connectivity index (χ2v) is 5.04. The first kappa shape index (κ1) is 11.3. The van der Waals surface area contributed by atoms with Crippen LogP contribution < -0.4 is 5.73 Å². The van der Waals surface area contributed by atoms with Gasteiger partial charge in [-0.15, -0.1) is 10.2 Å². The van der Waals surface area contributed by atoms with E-state index in [9.17, 15) is 0 Å². The molecule has 0 saturated heterocycles. The van der Waals surface area contributed by atoms with Crippen LogP contribution in [0.25, 0.3) is 0 Å². The maximum absolute atomic E-state index is 6.59. The SMILES string of the molecule is Cn1nnc(CC2(N)CCCc3ccccc32)n1. The molecule has 94 valence electrons. The summed E-state index contributed by atoms with van der Waals surface area (Å²) in [6.45, 7) is 0. The summed E-state index contributed by atoms with van der Waals surface area (Å²) < 4.78 is 0. The van der Waals surface area contributed by atoms with Gasteiger partial charge in [0.05, 0.1) is 7.05 Å². The first-order chi connectivity index (χ1) is 8.67. The molecule has 1 aromatic heterocycles. The van der Waals surface area contributed by atoms with Crippen LogP contribution in [-0.2, 0) is 25.4 Å². The third-order valence-corrected chi connectivity index (χ3v) is 3.65. The molecule has 3 rings (SSSR count). The molecule has 0 saturated carbocycles. The zero-order chi connectivity index (χ0) is 12.6. The van der Waals surface area contributed by atoms with E-state index in [4.69, 9.17) is 5.73 Å². The van der Waals surface area contributed by atoms with Crippen molar-refractivity contribution in [2.75, 3.05) is 0 Å². The van der Waals surface area contributed by atoms with Crippen molar-refractivity contribution >= 4 is 0 Å². The van der Waals surface area contributed by atoms with Gasteiger partial charge in [-0.2, -0.15) is 4.80 Å². The number of aromatic nitrogens is 4. The van der Waals surface area contributed by atoms with Crippen LogP contribution in [0.1, 0.15) is 29.8 Å². The zero-order valence-electron chi connectivity index (χ0n) is 10.5. The van der Waals surface area contributed by atoms with Gasteiger partial charge in [-0.25, -0.2) is 0 Å². The van der Waals surface area contributed by atoms with Crippen LogP contribution in [0.4, 0.5) is 0 Å². The lowest BCUT2D eigenvalue weighted by atomic mass is 9.75. The van der Waals surface area contributed by atoms with Crippen LogP contribution >= 0.6 is 0 Å². The standard InChI is InChI=1S/C13H17N5/c1-18-16-12(15-17-18)9-13(14)8-4-6-10-5-2-3-7-11(10)13/h2-3,5,7H,4,6,8-9,14H2,1H3. The molecular weight excluding hydrogens is 226 g/mol. The Labute approximate surface area is 106 Å². The molecule has 0 radical (unpaired) electrons. The average Bonchev–Trinajstić information content (AvgIpc) is 2.75. The molecule has 0 bridgehead atoms. The molecular formula is C13H17N5. The fourth-order valence-electron chi connectivity index (χ4n) is 2.81. The normalized spacial score (nSPS) is 22.8. The lowest BCUT2D eigenvalue weighted by Crippen LogP contribution is -2.42. The van der Waals surface area contributed by atoms with Crippen LogP contribution in [0.2, 0.25) is 0 Å².